The van der Waals surface area contributed by atoms with Crippen molar-refractivity contribution in [3.05, 3.63) is 63.5 Å². The highest BCUT2D eigenvalue weighted by Crippen LogP contribution is 2.36. The fourth-order valence-electron chi connectivity index (χ4n) is 3.17. The Morgan fingerprint density at radius 3 is 2.96 bits per heavy atom. The van der Waals surface area contributed by atoms with E-state index >= 15 is 0 Å². The fourth-order valence-corrected chi connectivity index (χ4v) is 4.43. The second-order valence-electron chi connectivity index (χ2n) is 6.45. The molecule has 1 atom stereocenters. The summed E-state index contributed by atoms with van der Waals surface area (Å²) in [5.41, 5.74) is 1.92. The number of aldehydes is 1. The van der Waals surface area contributed by atoms with Crippen molar-refractivity contribution in [2.24, 2.45) is 0 Å². The lowest BCUT2D eigenvalue weighted by Crippen LogP contribution is -2.34. The van der Waals surface area contributed by atoms with Crippen LogP contribution >= 0.6 is 22.9 Å². The first-order chi connectivity index (χ1) is 13.1. The summed E-state index contributed by atoms with van der Waals surface area (Å²) in [6.07, 6.45) is 6.93. The molecule has 0 fully saturated rings. The van der Waals surface area contributed by atoms with Crippen LogP contribution in [0.25, 0.3) is 0 Å². The zero-order chi connectivity index (χ0) is 19.2. The molecule has 6 heteroatoms. The van der Waals surface area contributed by atoms with E-state index in [2.05, 4.69) is 11.8 Å². The topological polar surface area (TPSA) is 46.6 Å². The standard InChI is InChI=1S/C21H22ClNO3S/c1-2-3-4-9-20(25)26-21-12-15-13-23(11-10-19(15)27-21)18(14-24)16-7-5-6-8-17(16)22/h4-9,12,14,18H,2-3,10-11,13H2,1H3/b9-4+. The van der Waals surface area contributed by atoms with Gasteiger partial charge in [0.05, 0.1) is 6.04 Å². The van der Waals surface area contributed by atoms with Crippen LogP contribution < -0.4 is 4.74 Å². The molecule has 0 radical (unpaired) electrons. The van der Waals surface area contributed by atoms with E-state index in [1.807, 2.05) is 30.3 Å². The molecule has 1 aromatic carbocycles. The molecule has 3 rings (SSSR count). The minimum atomic E-state index is -0.380. The van der Waals surface area contributed by atoms with Gasteiger partial charge in [-0.2, -0.15) is 0 Å². The van der Waals surface area contributed by atoms with Gasteiger partial charge in [0.25, 0.3) is 0 Å². The third-order valence-corrected chi connectivity index (χ3v) is 5.99. The number of hydrogen-bond acceptors (Lipinski definition) is 5. The van der Waals surface area contributed by atoms with E-state index in [9.17, 15) is 9.59 Å². The molecule has 0 spiro atoms. The first-order valence-electron chi connectivity index (χ1n) is 9.06. The highest BCUT2D eigenvalue weighted by Gasteiger charge is 2.27. The molecule has 1 aromatic heterocycles. The maximum Gasteiger partial charge on any atom is 0.336 e. The van der Waals surface area contributed by atoms with Gasteiger partial charge in [-0.1, -0.05) is 49.2 Å². The number of carbonyl (C=O) groups excluding carboxylic acids is 2. The van der Waals surface area contributed by atoms with Crippen molar-refractivity contribution in [1.82, 2.24) is 4.90 Å². The number of unbranched alkanes of at least 4 members (excludes halogenated alkanes) is 1. The first-order valence-corrected chi connectivity index (χ1v) is 10.3. The number of benzene rings is 1. The van der Waals surface area contributed by atoms with Crippen molar-refractivity contribution in [2.75, 3.05) is 6.54 Å². The van der Waals surface area contributed by atoms with Crippen LogP contribution in [0.3, 0.4) is 0 Å². The van der Waals surface area contributed by atoms with Crippen LogP contribution in [-0.4, -0.2) is 23.7 Å². The van der Waals surface area contributed by atoms with E-state index in [1.165, 1.54) is 22.3 Å². The molecule has 0 N–H and O–H groups in total. The number of rotatable bonds is 7. The minimum absolute atomic E-state index is 0.347. The van der Waals surface area contributed by atoms with E-state index < -0.39 is 0 Å². The summed E-state index contributed by atoms with van der Waals surface area (Å²) in [6.45, 7) is 3.44. The van der Waals surface area contributed by atoms with Crippen LogP contribution in [0.5, 0.6) is 5.06 Å². The van der Waals surface area contributed by atoms with Gasteiger partial charge in [-0.3, -0.25) is 4.90 Å². The molecule has 1 aliphatic heterocycles. The Morgan fingerprint density at radius 2 is 2.22 bits per heavy atom. The second-order valence-corrected chi connectivity index (χ2v) is 7.96. The lowest BCUT2D eigenvalue weighted by molar-refractivity contribution is -0.128. The number of ether oxygens (including phenoxy) is 1. The monoisotopic (exact) mass is 403 g/mol. The highest BCUT2D eigenvalue weighted by molar-refractivity contribution is 7.14. The molecule has 27 heavy (non-hydrogen) atoms. The van der Waals surface area contributed by atoms with E-state index in [-0.39, 0.29) is 12.0 Å². The molecule has 1 unspecified atom stereocenters. The van der Waals surface area contributed by atoms with Gasteiger partial charge in [-0.25, -0.2) is 4.79 Å². The predicted molar refractivity (Wildman–Crippen MR) is 108 cm³/mol. The Morgan fingerprint density at radius 1 is 1.41 bits per heavy atom. The van der Waals surface area contributed by atoms with Crippen LogP contribution in [0.1, 0.15) is 41.8 Å². The van der Waals surface area contributed by atoms with Crippen LogP contribution in [0.15, 0.2) is 42.5 Å². The molecular formula is C21H22ClNO3S. The average Bonchev–Trinajstić information content (AvgIpc) is 3.05. The average molecular weight is 404 g/mol. The van der Waals surface area contributed by atoms with Crippen molar-refractivity contribution in [3.63, 3.8) is 0 Å². The van der Waals surface area contributed by atoms with Crippen molar-refractivity contribution in [3.8, 4) is 5.06 Å². The van der Waals surface area contributed by atoms with Crippen molar-refractivity contribution >= 4 is 35.2 Å². The number of halogens is 1. The van der Waals surface area contributed by atoms with Gasteiger partial charge >= 0.3 is 5.97 Å². The number of hydrogen-bond donors (Lipinski definition) is 0. The van der Waals surface area contributed by atoms with Gasteiger partial charge < -0.3 is 9.53 Å². The Bertz CT molecular complexity index is 846. The molecule has 0 saturated heterocycles. The number of fused-ring (bicyclic) bond motifs is 1. The van der Waals surface area contributed by atoms with Crippen LogP contribution in [0.2, 0.25) is 5.02 Å². The lowest BCUT2D eigenvalue weighted by atomic mass is 10.0. The van der Waals surface area contributed by atoms with Gasteiger partial charge in [0.15, 0.2) is 5.06 Å². The number of carbonyl (C=O) groups is 2. The zero-order valence-electron chi connectivity index (χ0n) is 15.2. The quantitative estimate of drug-likeness (QED) is 0.372. The van der Waals surface area contributed by atoms with E-state index in [1.54, 1.807) is 6.07 Å². The highest BCUT2D eigenvalue weighted by atomic mass is 35.5. The van der Waals surface area contributed by atoms with E-state index in [0.717, 1.165) is 43.2 Å². The Hall–Kier alpha value is -1.95. The molecule has 4 nitrogen and oxygen atoms in total. The number of thiophene rings is 1. The van der Waals surface area contributed by atoms with Crippen LogP contribution in [0, 0.1) is 0 Å². The van der Waals surface area contributed by atoms with Crippen LogP contribution in [-0.2, 0) is 22.6 Å². The molecule has 0 bridgehead atoms. The minimum Gasteiger partial charge on any atom is -0.412 e. The molecule has 0 aliphatic carbocycles. The summed E-state index contributed by atoms with van der Waals surface area (Å²) in [4.78, 5) is 26.9. The zero-order valence-corrected chi connectivity index (χ0v) is 16.8. The van der Waals surface area contributed by atoms with Crippen LogP contribution in [0.4, 0.5) is 0 Å². The SMILES string of the molecule is CCC/C=C/C(=O)Oc1cc2c(s1)CCN(C(C=O)c1ccccc1Cl)C2. The largest absolute Gasteiger partial charge is 0.412 e. The summed E-state index contributed by atoms with van der Waals surface area (Å²) in [5.74, 6) is -0.347. The molecule has 2 aromatic rings. The number of allylic oxidation sites excluding steroid dienone is 1. The first kappa shape index (κ1) is 19.8. The smallest absolute Gasteiger partial charge is 0.336 e. The Balaban J connectivity index is 1.71. The Kier molecular flexibility index (Phi) is 6.83. The molecular weight excluding hydrogens is 382 g/mol. The molecule has 2 heterocycles. The Labute approximate surface area is 168 Å². The van der Waals surface area contributed by atoms with E-state index in [0.29, 0.717) is 16.6 Å². The van der Waals surface area contributed by atoms with Crippen molar-refractivity contribution in [2.45, 2.75) is 38.8 Å². The third-order valence-electron chi connectivity index (χ3n) is 4.53. The summed E-state index contributed by atoms with van der Waals surface area (Å²) >= 11 is 7.79. The maximum atomic E-state index is 11.9. The number of esters is 1. The summed E-state index contributed by atoms with van der Waals surface area (Å²) in [6, 6.07) is 8.97. The third kappa shape index (κ3) is 4.86. The molecule has 142 valence electrons. The fraction of sp³-hybridized carbons (Fsp3) is 0.333. The van der Waals surface area contributed by atoms with Gasteiger partial charge in [0.2, 0.25) is 0 Å². The lowest BCUT2D eigenvalue weighted by Gasteiger charge is -2.31. The van der Waals surface area contributed by atoms with Gasteiger partial charge in [0, 0.05) is 29.1 Å². The summed E-state index contributed by atoms with van der Waals surface area (Å²) < 4.78 is 5.42. The number of nitrogens with zero attached hydrogens (tertiary/aromatic N) is 1. The van der Waals surface area contributed by atoms with Gasteiger partial charge in [0.1, 0.15) is 6.29 Å². The van der Waals surface area contributed by atoms with Crippen molar-refractivity contribution < 1.29 is 14.3 Å². The second kappa shape index (κ2) is 9.31. The van der Waals surface area contributed by atoms with Gasteiger partial charge in [-0.15, -0.1) is 11.3 Å². The van der Waals surface area contributed by atoms with E-state index in [4.69, 9.17) is 16.3 Å². The summed E-state index contributed by atoms with van der Waals surface area (Å²) in [5, 5.41) is 1.20. The molecule has 1 aliphatic rings. The summed E-state index contributed by atoms with van der Waals surface area (Å²) in [7, 11) is 0. The normalized spacial score (nSPS) is 15.5. The van der Waals surface area contributed by atoms with Gasteiger partial charge in [-0.05, 0) is 36.1 Å². The molecule has 0 saturated carbocycles. The molecule has 0 amide bonds. The van der Waals surface area contributed by atoms with Crippen molar-refractivity contribution in [1.29, 1.82) is 0 Å². The predicted octanol–water partition coefficient (Wildman–Crippen LogP) is 4.96. The maximum absolute atomic E-state index is 11.9.